The summed E-state index contributed by atoms with van der Waals surface area (Å²) in [5, 5.41) is 19.0. The Labute approximate surface area is 260 Å². The van der Waals surface area contributed by atoms with Crippen LogP contribution in [0.1, 0.15) is 45.4 Å². The number of nitrogens with one attached hydrogen (secondary N) is 3. The molecule has 0 saturated carbocycles. The van der Waals surface area contributed by atoms with Crippen LogP contribution in [0.5, 0.6) is 5.75 Å². The number of fused-ring (bicyclic) bond motifs is 1. The molecule has 0 aliphatic heterocycles. The zero-order valence-corrected chi connectivity index (χ0v) is 27.3. The lowest BCUT2D eigenvalue weighted by atomic mass is 10.1. The van der Waals surface area contributed by atoms with Gasteiger partial charge < -0.3 is 37.3 Å². The first-order chi connectivity index (χ1) is 17.2. The van der Waals surface area contributed by atoms with E-state index < -0.39 is 24.0 Å². The summed E-state index contributed by atoms with van der Waals surface area (Å²) in [6.07, 6.45) is 4.15. The van der Waals surface area contributed by atoms with Gasteiger partial charge in [-0.15, -0.1) is 50.9 Å². The summed E-state index contributed by atoms with van der Waals surface area (Å²) in [5.74, 6) is -1.30. The number of rotatable bonds is 16. The number of ether oxygens (including phenoxy) is 1. The van der Waals surface area contributed by atoms with E-state index in [1.165, 1.54) is 0 Å². The number of methoxy groups -OCH3 is 1. The minimum absolute atomic E-state index is 0. The molecule has 39 heavy (non-hydrogen) atoms. The zero-order chi connectivity index (χ0) is 26.5. The highest BCUT2D eigenvalue weighted by molar-refractivity contribution is 8.93. The van der Waals surface area contributed by atoms with Crippen LogP contribution in [0.25, 0.3) is 10.9 Å². The maximum absolute atomic E-state index is 12.2. The van der Waals surface area contributed by atoms with Crippen LogP contribution >= 0.6 is 50.9 Å². The summed E-state index contributed by atoms with van der Waals surface area (Å²) in [6.45, 7) is 2.90. The van der Waals surface area contributed by atoms with Crippen molar-refractivity contribution in [2.75, 3.05) is 25.5 Å². The van der Waals surface area contributed by atoms with Crippen molar-refractivity contribution in [1.82, 2.24) is 15.6 Å². The fourth-order valence-corrected chi connectivity index (χ4v) is 3.74. The number of nitrogens with two attached hydrogens (primary N) is 2. The number of carbonyl (C=O) groups is 3. The average molecular weight is 745 g/mol. The molecule has 2 aromatic rings. The minimum atomic E-state index is -1.21. The van der Waals surface area contributed by atoms with E-state index in [1.54, 1.807) is 13.3 Å². The molecule has 2 rings (SSSR count). The Kier molecular flexibility index (Phi) is 20.9. The SMILES string of the molecule is Br.Br.Br.COc1cc(NC(C)CCCNC(=O)CC[C@H](NC(=O)[C@H](N)CCCN)C(=O)O)c2ncccc2c1. The second-order valence-electron chi connectivity index (χ2n) is 8.76. The van der Waals surface area contributed by atoms with Crippen LogP contribution in [0.2, 0.25) is 0 Å². The molecule has 11 nitrogen and oxygen atoms in total. The molecule has 8 N–H and O–H groups in total. The van der Waals surface area contributed by atoms with E-state index in [1.807, 2.05) is 24.3 Å². The van der Waals surface area contributed by atoms with Crippen molar-refractivity contribution in [2.24, 2.45) is 11.5 Å². The first-order valence-electron chi connectivity index (χ1n) is 12.2. The van der Waals surface area contributed by atoms with Gasteiger partial charge in [0.15, 0.2) is 0 Å². The maximum Gasteiger partial charge on any atom is 0.326 e. The molecule has 3 atom stereocenters. The first kappa shape index (κ1) is 39.1. The number of carboxylic acids is 1. The topological polar surface area (TPSA) is 182 Å². The van der Waals surface area contributed by atoms with Crippen LogP contribution in [0, 0.1) is 0 Å². The molecule has 0 fully saturated rings. The van der Waals surface area contributed by atoms with Crippen LogP contribution < -0.4 is 32.2 Å². The Balaban J connectivity index is 0. The Morgan fingerprint density at radius 2 is 1.82 bits per heavy atom. The number of benzene rings is 1. The lowest BCUT2D eigenvalue weighted by Gasteiger charge is -2.18. The molecule has 2 amide bonds. The van der Waals surface area contributed by atoms with E-state index in [0.717, 1.165) is 35.2 Å². The van der Waals surface area contributed by atoms with Crippen LogP contribution in [-0.4, -0.2) is 66.2 Å². The lowest BCUT2D eigenvalue weighted by molar-refractivity contribution is -0.142. The van der Waals surface area contributed by atoms with E-state index in [0.29, 0.717) is 25.9 Å². The molecule has 1 aromatic carbocycles. The van der Waals surface area contributed by atoms with E-state index in [9.17, 15) is 19.5 Å². The predicted molar refractivity (Wildman–Crippen MR) is 170 cm³/mol. The number of hydrogen-bond acceptors (Lipinski definition) is 8. The van der Waals surface area contributed by atoms with Gasteiger partial charge in [-0.25, -0.2) is 4.79 Å². The number of carboxylic acid groups (broad SMARTS) is 1. The van der Waals surface area contributed by atoms with Gasteiger partial charge in [-0.1, -0.05) is 6.07 Å². The number of pyridine rings is 1. The van der Waals surface area contributed by atoms with Crippen LogP contribution in [0.4, 0.5) is 5.69 Å². The summed E-state index contributed by atoms with van der Waals surface area (Å²) in [4.78, 5) is 40.2. The molecule has 1 heterocycles. The van der Waals surface area contributed by atoms with Crippen LogP contribution in [0.15, 0.2) is 30.5 Å². The molecule has 1 unspecified atom stereocenters. The van der Waals surface area contributed by atoms with Crippen molar-refractivity contribution < 1.29 is 24.2 Å². The molecule has 0 bridgehead atoms. The van der Waals surface area contributed by atoms with E-state index in [2.05, 4.69) is 27.9 Å². The number of anilines is 1. The molecule has 0 spiro atoms. The fraction of sp³-hybridized carbons (Fsp3) is 0.520. The number of aromatic nitrogens is 1. The van der Waals surface area contributed by atoms with Gasteiger partial charge in [0, 0.05) is 36.7 Å². The Morgan fingerprint density at radius 1 is 1.10 bits per heavy atom. The average Bonchev–Trinajstić information content (AvgIpc) is 2.87. The number of hydrogen-bond donors (Lipinski definition) is 6. The molecule has 0 aliphatic carbocycles. The molecular weight excluding hydrogens is 704 g/mol. The molecule has 0 aliphatic rings. The van der Waals surface area contributed by atoms with Crippen LogP contribution in [0.3, 0.4) is 0 Å². The standard InChI is InChI=1S/C25H38N6O5.3BrH/c1-16(30-21-15-18(36-2)14-17-7-5-13-29-23(17)21)6-4-12-28-22(32)10-9-20(25(34)35)31-24(33)19(27)8-3-11-26;;;/h5,7,13-16,19-20,30H,3-4,6,8-12,26-27H2,1-2H3,(H,28,32)(H,31,33)(H,34,35);3*1H/t16?,19-,20+;;;/m1.../s1. The zero-order valence-electron chi connectivity index (χ0n) is 22.2. The summed E-state index contributed by atoms with van der Waals surface area (Å²) >= 11 is 0. The first-order valence-corrected chi connectivity index (χ1v) is 12.2. The normalized spacial score (nSPS) is 12.4. The van der Waals surface area contributed by atoms with Gasteiger partial charge in [-0.3, -0.25) is 14.6 Å². The van der Waals surface area contributed by atoms with Gasteiger partial charge in [-0.2, -0.15) is 0 Å². The number of nitrogens with zero attached hydrogens (tertiary/aromatic N) is 1. The molecule has 0 radical (unpaired) electrons. The van der Waals surface area contributed by atoms with Crippen molar-refractivity contribution in [3.05, 3.63) is 30.5 Å². The fourth-order valence-electron chi connectivity index (χ4n) is 3.74. The van der Waals surface area contributed by atoms with Crippen molar-refractivity contribution in [3.8, 4) is 5.75 Å². The minimum Gasteiger partial charge on any atom is -0.497 e. The Hall–Kier alpha value is -2.00. The number of aliphatic carboxylic acids is 1. The van der Waals surface area contributed by atoms with Gasteiger partial charge in [0.25, 0.3) is 0 Å². The third kappa shape index (κ3) is 13.8. The number of halogens is 3. The summed E-state index contributed by atoms with van der Waals surface area (Å²) in [6, 6.07) is 5.82. The second-order valence-corrected chi connectivity index (χ2v) is 8.76. The summed E-state index contributed by atoms with van der Waals surface area (Å²) in [7, 11) is 1.62. The molecular formula is C25H41Br3N6O5. The highest BCUT2D eigenvalue weighted by Gasteiger charge is 2.23. The van der Waals surface area contributed by atoms with Gasteiger partial charge >= 0.3 is 5.97 Å². The monoisotopic (exact) mass is 742 g/mol. The Bertz CT molecular complexity index is 1030. The quantitative estimate of drug-likeness (QED) is 0.141. The molecule has 222 valence electrons. The highest BCUT2D eigenvalue weighted by atomic mass is 79.9. The summed E-state index contributed by atoms with van der Waals surface area (Å²) < 4.78 is 5.39. The van der Waals surface area contributed by atoms with Crippen molar-refractivity contribution >= 4 is 85.3 Å². The molecule has 14 heteroatoms. The van der Waals surface area contributed by atoms with Crippen molar-refractivity contribution in [2.45, 2.75) is 63.6 Å². The molecule has 0 saturated heterocycles. The van der Waals surface area contributed by atoms with E-state index in [4.69, 9.17) is 16.2 Å². The number of carbonyl (C=O) groups excluding carboxylic acids is 2. The van der Waals surface area contributed by atoms with Gasteiger partial charge in [0.2, 0.25) is 11.8 Å². The smallest absolute Gasteiger partial charge is 0.326 e. The summed E-state index contributed by atoms with van der Waals surface area (Å²) in [5.41, 5.74) is 12.9. The number of amides is 2. The third-order valence-corrected chi connectivity index (χ3v) is 5.78. The van der Waals surface area contributed by atoms with Gasteiger partial charge in [0.1, 0.15) is 11.8 Å². The van der Waals surface area contributed by atoms with Gasteiger partial charge in [0.05, 0.1) is 24.4 Å². The predicted octanol–water partition coefficient (Wildman–Crippen LogP) is 3.09. The molecule has 1 aromatic heterocycles. The highest BCUT2D eigenvalue weighted by Crippen LogP contribution is 2.28. The Morgan fingerprint density at radius 3 is 2.46 bits per heavy atom. The van der Waals surface area contributed by atoms with Crippen molar-refractivity contribution in [3.63, 3.8) is 0 Å². The second kappa shape index (κ2) is 20.8. The third-order valence-electron chi connectivity index (χ3n) is 5.78. The maximum atomic E-state index is 12.2. The van der Waals surface area contributed by atoms with Crippen LogP contribution in [-0.2, 0) is 14.4 Å². The van der Waals surface area contributed by atoms with Gasteiger partial charge in [-0.05, 0) is 57.7 Å². The lowest BCUT2D eigenvalue weighted by Crippen LogP contribution is -2.48. The largest absolute Gasteiger partial charge is 0.497 e. The van der Waals surface area contributed by atoms with E-state index >= 15 is 0 Å². The van der Waals surface area contributed by atoms with E-state index in [-0.39, 0.29) is 75.7 Å². The van der Waals surface area contributed by atoms with Crippen molar-refractivity contribution in [1.29, 1.82) is 0 Å².